The van der Waals surface area contributed by atoms with E-state index in [2.05, 4.69) is 15.1 Å². The third kappa shape index (κ3) is 3.99. The Balaban J connectivity index is 1.70. The van der Waals surface area contributed by atoms with Crippen molar-refractivity contribution in [3.63, 3.8) is 0 Å². The Hall–Kier alpha value is -1.99. The van der Waals surface area contributed by atoms with E-state index < -0.39 is 0 Å². The van der Waals surface area contributed by atoms with Gasteiger partial charge >= 0.3 is 0 Å². The number of ether oxygens (including phenoxy) is 1. The van der Waals surface area contributed by atoms with Gasteiger partial charge in [0.1, 0.15) is 5.82 Å². The van der Waals surface area contributed by atoms with Crippen molar-refractivity contribution < 1.29 is 9.13 Å². The van der Waals surface area contributed by atoms with E-state index in [4.69, 9.17) is 4.74 Å². The zero-order valence-corrected chi connectivity index (χ0v) is 15.6. The summed E-state index contributed by atoms with van der Waals surface area (Å²) in [6.45, 7) is 6.04. The van der Waals surface area contributed by atoms with Crippen LogP contribution in [0.1, 0.15) is 22.5 Å². The summed E-state index contributed by atoms with van der Waals surface area (Å²) in [5, 5.41) is 5.22. The molecule has 3 aromatic rings. The number of hydrogen-bond acceptors (Lipinski definition) is 5. The molecule has 3 rings (SSSR count). The maximum absolute atomic E-state index is 13.0. The first kappa shape index (κ1) is 17.8. The number of methoxy groups -OCH3 is 1. The number of hydrogen-bond donors (Lipinski definition) is 0. The zero-order valence-electron chi connectivity index (χ0n) is 14.8. The summed E-state index contributed by atoms with van der Waals surface area (Å²) in [5.41, 5.74) is 4.19. The molecule has 7 heteroatoms. The maximum Gasteiger partial charge on any atom is 0.253 e. The average molecular weight is 360 g/mol. The smallest absolute Gasteiger partial charge is 0.253 e. The number of aromatic nitrogens is 4. The van der Waals surface area contributed by atoms with Gasteiger partial charge in [-0.2, -0.15) is 4.98 Å². The molecule has 0 aliphatic rings. The van der Waals surface area contributed by atoms with E-state index in [0.717, 1.165) is 22.5 Å². The third-order valence-corrected chi connectivity index (χ3v) is 5.32. The number of fused-ring (bicyclic) bond motifs is 1. The van der Waals surface area contributed by atoms with Gasteiger partial charge in [-0.3, -0.25) is 0 Å². The molecule has 0 fully saturated rings. The molecule has 0 N–H and O–H groups in total. The monoisotopic (exact) mass is 360 g/mol. The van der Waals surface area contributed by atoms with E-state index in [1.54, 1.807) is 23.8 Å². The minimum atomic E-state index is -0.227. The normalized spacial score (nSPS) is 12.7. The lowest BCUT2D eigenvalue weighted by molar-refractivity contribution is 0.122. The second-order valence-corrected chi connectivity index (χ2v) is 7.00. The predicted octanol–water partition coefficient (Wildman–Crippen LogP) is 3.54. The summed E-state index contributed by atoms with van der Waals surface area (Å²) in [6, 6.07) is 6.51. The molecule has 0 spiro atoms. The Morgan fingerprint density at radius 3 is 2.56 bits per heavy atom. The lowest BCUT2D eigenvalue weighted by Crippen LogP contribution is -2.17. The van der Waals surface area contributed by atoms with E-state index in [-0.39, 0.29) is 11.9 Å². The molecule has 0 aliphatic carbocycles. The largest absolute Gasteiger partial charge is 0.380 e. The molecule has 0 bridgehead atoms. The van der Waals surface area contributed by atoms with E-state index in [1.807, 2.05) is 20.8 Å². The molecule has 0 radical (unpaired) electrons. The predicted molar refractivity (Wildman–Crippen MR) is 96.6 cm³/mol. The number of thioether (sulfide) groups is 1. The Kier molecular flexibility index (Phi) is 5.34. The van der Waals surface area contributed by atoms with E-state index in [0.29, 0.717) is 23.1 Å². The molecule has 25 heavy (non-hydrogen) atoms. The highest BCUT2D eigenvalue weighted by atomic mass is 32.2. The Morgan fingerprint density at radius 1 is 1.16 bits per heavy atom. The topological polar surface area (TPSA) is 52.3 Å². The Morgan fingerprint density at radius 2 is 1.88 bits per heavy atom. The quantitative estimate of drug-likeness (QED) is 0.630. The van der Waals surface area contributed by atoms with Crippen LogP contribution in [0.25, 0.3) is 5.78 Å². The number of aryl methyl sites for hydroxylation is 2. The van der Waals surface area contributed by atoms with Crippen molar-refractivity contribution in [3.8, 4) is 0 Å². The van der Waals surface area contributed by atoms with Gasteiger partial charge in [-0.1, -0.05) is 23.9 Å². The Labute approximate surface area is 150 Å². The van der Waals surface area contributed by atoms with Gasteiger partial charge in [-0.15, -0.1) is 5.10 Å². The Bertz CT molecular complexity index is 879. The van der Waals surface area contributed by atoms with Gasteiger partial charge < -0.3 is 4.74 Å². The van der Waals surface area contributed by atoms with Gasteiger partial charge in [-0.25, -0.2) is 13.9 Å². The van der Waals surface area contributed by atoms with Crippen LogP contribution in [0.2, 0.25) is 0 Å². The first-order valence-electron chi connectivity index (χ1n) is 8.08. The summed E-state index contributed by atoms with van der Waals surface area (Å²) < 4.78 is 20.3. The molecule has 1 unspecified atom stereocenters. The van der Waals surface area contributed by atoms with Gasteiger partial charge in [0.15, 0.2) is 0 Å². The minimum Gasteiger partial charge on any atom is -0.380 e. The van der Waals surface area contributed by atoms with Crippen molar-refractivity contribution in [1.29, 1.82) is 0 Å². The molecule has 1 atom stereocenters. The summed E-state index contributed by atoms with van der Waals surface area (Å²) in [4.78, 5) is 8.99. The van der Waals surface area contributed by atoms with E-state index >= 15 is 0 Å². The SMILES string of the molecule is COC(CSc1nc2nc(C)c(C)c(C)n2n1)Cc1ccc(F)cc1. The van der Waals surface area contributed by atoms with Crippen molar-refractivity contribution in [1.82, 2.24) is 19.6 Å². The second-order valence-electron chi connectivity index (χ2n) is 6.01. The van der Waals surface area contributed by atoms with Crippen LogP contribution < -0.4 is 0 Å². The lowest BCUT2D eigenvalue weighted by Gasteiger charge is -2.14. The molecule has 0 saturated heterocycles. The van der Waals surface area contributed by atoms with Crippen LogP contribution in [-0.2, 0) is 11.2 Å². The van der Waals surface area contributed by atoms with Gasteiger partial charge in [0, 0.05) is 24.3 Å². The molecule has 2 heterocycles. The van der Waals surface area contributed by atoms with Crippen LogP contribution in [0, 0.1) is 26.6 Å². The summed E-state index contributed by atoms with van der Waals surface area (Å²) in [5.74, 6) is 1.10. The standard InChI is InChI=1S/C18H21FN4OS/c1-11-12(2)20-17-21-18(22-23(17)13(11)3)25-10-16(24-4)9-14-5-7-15(19)8-6-14/h5-8,16H,9-10H2,1-4H3. The molecule has 1 aromatic carbocycles. The minimum absolute atomic E-state index is 0.000369. The van der Waals surface area contributed by atoms with Gasteiger partial charge in [0.2, 0.25) is 5.16 Å². The van der Waals surface area contributed by atoms with Gasteiger partial charge in [0.05, 0.1) is 6.10 Å². The molecular formula is C18H21FN4OS. The van der Waals surface area contributed by atoms with Crippen LogP contribution in [0.15, 0.2) is 29.4 Å². The first-order chi connectivity index (χ1) is 12.0. The molecule has 0 amide bonds. The molecular weight excluding hydrogens is 339 g/mol. The van der Waals surface area contributed by atoms with Crippen LogP contribution in [-0.4, -0.2) is 38.5 Å². The van der Waals surface area contributed by atoms with Crippen molar-refractivity contribution in [3.05, 3.63) is 52.6 Å². The average Bonchev–Trinajstić information content (AvgIpc) is 3.01. The van der Waals surface area contributed by atoms with Gasteiger partial charge in [-0.05, 0) is 50.5 Å². The van der Waals surface area contributed by atoms with Crippen molar-refractivity contribution in [2.75, 3.05) is 12.9 Å². The fourth-order valence-electron chi connectivity index (χ4n) is 2.56. The molecule has 132 valence electrons. The zero-order chi connectivity index (χ0) is 18.0. The fourth-order valence-corrected chi connectivity index (χ4v) is 3.43. The molecule has 5 nitrogen and oxygen atoms in total. The first-order valence-corrected chi connectivity index (χ1v) is 9.07. The molecule has 0 saturated carbocycles. The van der Waals surface area contributed by atoms with Crippen molar-refractivity contribution >= 4 is 17.5 Å². The number of halogens is 1. The number of benzene rings is 1. The summed E-state index contributed by atoms with van der Waals surface area (Å²) in [7, 11) is 1.68. The highest BCUT2D eigenvalue weighted by Crippen LogP contribution is 2.20. The van der Waals surface area contributed by atoms with E-state index in [9.17, 15) is 4.39 Å². The van der Waals surface area contributed by atoms with Gasteiger partial charge in [0.25, 0.3) is 5.78 Å². The maximum atomic E-state index is 13.0. The van der Waals surface area contributed by atoms with E-state index in [1.165, 1.54) is 23.9 Å². The second kappa shape index (κ2) is 7.49. The lowest BCUT2D eigenvalue weighted by atomic mass is 10.1. The highest BCUT2D eigenvalue weighted by molar-refractivity contribution is 7.99. The van der Waals surface area contributed by atoms with Crippen LogP contribution in [0.5, 0.6) is 0 Å². The van der Waals surface area contributed by atoms with Crippen LogP contribution in [0.4, 0.5) is 4.39 Å². The number of nitrogens with zero attached hydrogens (tertiary/aromatic N) is 4. The van der Waals surface area contributed by atoms with Crippen molar-refractivity contribution in [2.45, 2.75) is 38.5 Å². The third-order valence-electron chi connectivity index (χ3n) is 4.35. The summed E-state index contributed by atoms with van der Waals surface area (Å²) >= 11 is 1.54. The van der Waals surface area contributed by atoms with Crippen LogP contribution in [0.3, 0.4) is 0 Å². The van der Waals surface area contributed by atoms with Crippen molar-refractivity contribution in [2.24, 2.45) is 0 Å². The fraction of sp³-hybridized carbons (Fsp3) is 0.389. The van der Waals surface area contributed by atoms with Crippen LogP contribution >= 0.6 is 11.8 Å². The highest BCUT2D eigenvalue weighted by Gasteiger charge is 2.14. The summed E-state index contributed by atoms with van der Waals surface area (Å²) in [6.07, 6.45) is 0.715. The molecule has 0 aliphatic heterocycles. The molecule has 2 aromatic heterocycles. The number of rotatable bonds is 6.